The molecule has 0 saturated carbocycles. The molecular weight excluding hydrogens is 178 g/mol. The van der Waals surface area contributed by atoms with Crippen LogP contribution >= 0.6 is 0 Å². The van der Waals surface area contributed by atoms with Crippen LogP contribution in [-0.4, -0.2) is 17.1 Å². The Labute approximate surface area is 83.4 Å². The predicted molar refractivity (Wildman–Crippen MR) is 54.5 cm³/mol. The fraction of sp³-hybridized carbons (Fsp3) is 0.273. The average molecular weight is 191 g/mol. The number of hydrogen-bond donors (Lipinski definition) is 0. The van der Waals surface area contributed by atoms with Crippen LogP contribution in [0.3, 0.4) is 0 Å². The highest BCUT2D eigenvalue weighted by Gasteiger charge is 1.99. The summed E-state index contributed by atoms with van der Waals surface area (Å²) in [6.45, 7) is 3.63. The molecule has 0 fully saturated rings. The molecule has 1 rings (SSSR count). The molecule has 0 spiro atoms. The number of carbonyl (C=O) groups is 1. The second-order valence-electron chi connectivity index (χ2n) is 3.11. The molecule has 0 N–H and O–H groups in total. The van der Waals surface area contributed by atoms with Crippen molar-refractivity contribution in [3.63, 3.8) is 0 Å². The van der Waals surface area contributed by atoms with E-state index in [1.807, 2.05) is 26.0 Å². The topological polar surface area (TPSA) is 39.2 Å². The lowest BCUT2D eigenvalue weighted by Gasteiger charge is -2.03. The molecule has 0 unspecified atom stereocenters. The molecule has 0 aliphatic carbocycles. The quantitative estimate of drug-likeness (QED) is 0.542. The van der Waals surface area contributed by atoms with Gasteiger partial charge in [0.05, 0.1) is 6.10 Å². The zero-order valence-corrected chi connectivity index (χ0v) is 8.31. The van der Waals surface area contributed by atoms with Gasteiger partial charge in [-0.25, -0.2) is 4.79 Å². The maximum absolute atomic E-state index is 11.1. The van der Waals surface area contributed by atoms with Crippen molar-refractivity contribution in [3.05, 3.63) is 36.2 Å². The molecule has 1 heterocycles. The summed E-state index contributed by atoms with van der Waals surface area (Å²) in [5.74, 6) is -0.330. The first-order valence-corrected chi connectivity index (χ1v) is 4.47. The molecule has 3 nitrogen and oxygen atoms in total. The molecule has 0 amide bonds. The minimum Gasteiger partial charge on any atom is -0.460 e. The molecule has 0 saturated heterocycles. The SMILES string of the molecule is CC(C)OC(=O)C=Cc1cccnc1. The van der Waals surface area contributed by atoms with Crippen LogP contribution in [0.5, 0.6) is 0 Å². The maximum Gasteiger partial charge on any atom is 0.331 e. The third-order valence-corrected chi connectivity index (χ3v) is 1.45. The Hall–Kier alpha value is -1.64. The van der Waals surface area contributed by atoms with Gasteiger partial charge in [0, 0.05) is 18.5 Å². The van der Waals surface area contributed by atoms with Crippen LogP contribution in [0.1, 0.15) is 19.4 Å². The molecule has 1 aromatic heterocycles. The Morgan fingerprint density at radius 2 is 2.36 bits per heavy atom. The van der Waals surface area contributed by atoms with Crippen molar-refractivity contribution < 1.29 is 9.53 Å². The summed E-state index contributed by atoms with van der Waals surface area (Å²) in [5, 5.41) is 0. The number of rotatable bonds is 3. The van der Waals surface area contributed by atoms with E-state index in [-0.39, 0.29) is 12.1 Å². The highest BCUT2D eigenvalue weighted by molar-refractivity contribution is 5.87. The van der Waals surface area contributed by atoms with E-state index in [9.17, 15) is 4.79 Å². The minimum atomic E-state index is -0.330. The Morgan fingerprint density at radius 1 is 1.57 bits per heavy atom. The highest BCUT2D eigenvalue weighted by atomic mass is 16.5. The van der Waals surface area contributed by atoms with Crippen LogP contribution < -0.4 is 0 Å². The molecule has 0 atom stereocenters. The Kier molecular flexibility index (Phi) is 3.85. The zero-order valence-electron chi connectivity index (χ0n) is 8.31. The van der Waals surface area contributed by atoms with E-state index in [4.69, 9.17) is 4.74 Å². The molecule has 74 valence electrons. The van der Waals surface area contributed by atoms with Crippen molar-refractivity contribution in [2.75, 3.05) is 0 Å². The molecular formula is C11H13NO2. The van der Waals surface area contributed by atoms with Crippen LogP contribution in [0.2, 0.25) is 0 Å². The summed E-state index contributed by atoms with van der Waals surface area (Å²) in [6.07, 6.45) is 6.36. The lowest BCUT2D eigenvalue weighted by Crippen LogP contribution is -2.08. The van der Waals surface area contributed by atoms with Gasteiger partial charge in [0.15, 0.2) is 0 Å². The minimum absolute atomic E-state index is 0.0824. The first kappa shape index (κ1) is 10.4. The normalized spacial score (nSPS) is 10.8. The van der Waals surface area contributed by atoms with Crippen molar-refractivity contribution in [3.8, 4) is 0 Å². The Balaban J connectivity index is 2.52. The second kappa shape index (κ2) is 5.17. The number of pyridine rings is 1. The number of hydrogen-bond acceptors (Lipinski definition) is 3. The molecule has 14 heavy (non-hydrogen) atoms. The van der Waals surface area contributed by atoms with E-state index < -0.39 is 0 Å². The predicted octanol–water partition coefficient (Wildman–Crippen LogP) is 2.05. The average Bonchev–Trinajstić information content (AvgIpc) is 2.15. The van der Waals surface area contributed by atoms with Crippen LogP contribution in [0.15, 0.2) is 30.6 Å². The van der Waals surface area contributed by atoms with Gasteiger partial charge in [-0.15, -0.1) is 0 Å². The largest absolute Gasteiger partial charge is 0.460 e. The van der Waals surface area contributed by atoms with Crippen LogP contribution in [0, 0.1) is 0 Å². The van der Waals surface area contributed by atoms with E-state index in [1.54, 1.807) is 18.5 Å². The monoisotopic (exact) mass is 191 g/mol. The standard InChI is InChI=1S/C11H13NO2/c1-9(2)14-11(13)6-5-10-4-3-7-12-8-10/h3-9H,1-2H3. The molecule has 0 radical (unpaired) electrons. The maximum atomic E-state index is 11.1. The Bertz CT molecular complexity index is 317. The lowest BCUT2D eigenvalue weighted by molar-refractivity contribution is -0.141. The van der Waals surface area contributed by atoms with Crippen molar-refractivity contribution in [1.29, 1.82) is 0 Å². The number of carbonyl (C=O) groups excluding carboxylic acids is 1. The van der Waals surface area contributed by atoms with Crippen molar-refractivity contribution in [1.82, 2.24) is 4.98 Å². The number of ether oxygens (including phenoxy) is 1. The van der Waals surface area contributed by atoms with Crippen molar-refractivity contribution >= 4 is 12.0 Å². The first-order chi connectivity index (χ1) is 6.68. The lowest BCUT2D eigenvalue weighted by atomic mass is 10.2. The second-order valence-corrected chi connectivity index (χ2v) is 3.11. The van der Waals surface area contributed by atoms with Crippen molar-refractivity contribution in [2.24, 2.45) is 0 Å². The molecule has 0 aliphatic rings. The summed E-state index contributed by atoms with van der Waals surface area (Å²) in [5.41, 5.74) is 0.883. The molecule has 0 bridgehead atoms. The van der Waals surface area contributed by atoms with Crippen LogP contribution in [0.4, 0.5) is 0 Å². The fourth-order valence-corrected chi connectivity index (χ4v) is 0.910. The smallest absolute Gasteiger partial charge is 0.331 e. The molecule has 0 aromatic carbocycles. The molecule has 1 aromatic rings. The summed E-state index contributed by atoms with van der Waals surface area (Å²) in [6, 6.07) is 3.68. The van der Waals surface area contributed by atoms with Crippen LogP contribution in [0.25, 0.3) is 6.08 Å². The van der Waals surface area contributed by atoms with Gasteiger partial charge in [-0.3, -0.25) is 4.98 Å². The fourth-order valence-electron chi connectivity index (χ4n) is 0.910. The molecule has 3 heteroatoms. The van der Waals surface area contributed by atoms with E-state index >= 15 is 0 Å². The third-order valence-electron chi connectivity index (χ3n) is 1.45. The summed E-state index contributed by atoms with van der Waals surface area (Å²) >= 11 is 0. The third kappa shape index (κ3) is 3.85. The van der Waals surface area contributed by atoms with E-state index in [2.05, 4.69) is 4.98 Å². The number of aromatic nitrogens is 1. The van der Waals surface area contributed by atoms with Gasteiger partial charge in [-0.2, -0.15) is 0 Å². The van der Waals surface area contributed by atoms with E-state index in [0.717, 1.165) is 5.56 Å². The zero-order chi connectivity index (χ0) is 10.4. The van der Waals surface area contributed by atoms with Gasteiger partial charge in [0.25, 0.3) is 0 Å². The van der Waals surface area contributed by atoms with Gasteiger partial charge in [0.1, 0.15) is 0 Å². The molecule has 0 aliphatic heterocycles. The van der Waals surface area contributed by atoms with Gasteiger partial charge in [0.2, 0.25) is 0 Å². The van der Waals surface area contributed by atoms with Crippen LogP contribution in [-0.2, 0) is 9.53 Å². The summed E-state index contributed by atoms with van der Waals surface area (Å²) in [4.78, 5) is 15.0. The summed E-state index contributed by atoms with van der Waals surface area (Å²) in [7, 11) is 0. The summed E-state index contributed by atoms with van der Waals surface area (Å²) < 4.78 is 4.93. The van der Waals surface area contributed by atoms with E-state index in [1.165, 1.54) is 6.08 Å². The van der Waals surface area contributed by atoms with Gasteiger partial charge in [-0.05, 0) is 31.6 Å². The number of esters is 1. The number of nitrogens with zero attached hydrogens (tertiary/aromatic N) is 1. The van der Waals surface area contributed by atoms with Gasteiger partial charge >= 0.3 is 5.97 Å². The first-order valence-electron chi connectivity index (χ1n) is 4.47. The highest BCUT2D eigenvalue weighted by Crippen LogP contribution is 1.99. The van der Waals surface area contributed by atoms with Crippen molar-refractivity contribution in [2.45, 2.75) is 20.0 Å². The Morgan fingerprint density at radius 3 is 2.93 bits per heavy atom. The van der Waals surface area contributed by atoms with Gasteiger partial charge < -0.3 is 4.74 Å². The van der Waals surface area contributed by atoms with E-state index in [0.29, 0.717) is 0 Å². The van der Waals surface area contributed by atoms with Gasteiger partial charge in [-0.1, -0.05) is 6.07 Å².